The average Bonchev–Trinajstić information content (AvgIpc) is 2.53. The summed E-state index contributed by atoms with van der Waals surface area (Å²) in [6, 6.07) is 6.23. The van der Waals surface area contributed by atoms with Crippen LogP contribution in [0.1, 0.15) is 31.7 Å². The Kier molecular flexibility index (Phi) is 8.15. The molecule has 24 heavy (non-hydrogen) atoms. The molecule has 0 bridgehead atoms. The first-order valence-electron chi connectivity index (χ1n) is 7.95. The molecule has 2 atom stereocenters. The Labute approximate surface area is 150 Å². The van der Waals surface area contributed by atoms with Crippen LogP contribution in [0, 0.1) is 11.8 Å². The molecule has 4 N–H and O–H groups in total. The highest BCUT2D eigenvalue weighted by Crippen LogP contribution is 2.22. The van der Waals surface area contributed by atoms with Gasteiger partial charge in [-0.05, 0) is 55.5 Å². The molecule has 0 radical (unpaired) electrons. The summed E-state index contributed by atoms with van der Waals surface area (Å²) in [5, 5.41) is 11.3. The van der Waals surface area contributed by atoms with E-state index in [1.165, 1.54) is 25.0 Å². The zero-order valence-corrected chi connectivity index (χ0v) is 15.5. The van der Waals surface area contributed by atoms with Gasteiger partial charge in [-0.15, -0.1) is 12.4 Å². The Morgan fingerprint density at radius 2 is 2.04 bits per heavy atom. The number of carbonyl (C=O) groups is 1. The predicted molar refractivity (Wildman–Crippen MR) is 96.3 cm³/mol. The van der Waals surface area contributed by atoms with E-state index in [1.807, 2.05) is 0 Å². The minimum atomic E-state index is -3.67. The second kappa shape index (κ2) is 9.36. The third-order valence-electron chi connectivity index (χ3n) is 4.39. The van der Waals surface area contributed by atoms with Crippen LogP contribution in [0.15, 0.2) is 29.2 Å². The number of rotatable bonds is 6. The zero-order valence-electron chi connectivity index (χ0n) is 13.8. The molecule has 1 aromatic rings. The van der Waals surface area contributed by atoms with Crippen molar-refractivity contribution < 1.29 is 13.2 Å². The van der Waals surface area contributed by atoms with Gasteiger partial charge in [0.2, 0.25) is 15.9 Å². The fourth-order valence-corrected chi connectivity index (χ4v) is 3.41. The zero-order chi connectivity index (χ0) is 16.9. The van der Waals surface area contributed by atoms with Crippen molar-refractivity contribution in [1.82, 2.24) is 10.6 Å². The fraction of sp³-hybridized carbons (Fsp3) is 0.562. The molecule has 136 valence electrons. The highest BCUT2D eigenvalue weighted by atomic mass is 35.5. The second-order valence-electron chi connectivity index (χ2n) is 6.25. The summed E-state index contributed by atoms with van der Waals surface area (Å²) < 4.78 is 22.4. The van der Waals surface area contributed by atoms with Gasteiger partial charge in [-0.1, -0.05) is 19.1 Å². The molecule has 2 rings (SSSR count). The summed E-state index contributed by atoms with van der Waals surface area (Å²) in [5.41, 5.74) is 0.845. The molecule has 1 heterocycles. The molecule has 1 saturated heterocycles. The minimum absolute atomic E-state index is 0. The van der Waals surface area contributed by atoms with Gasteiger partial charge < -0.3 is 10.6 Å². The number of carbonyl (C=O) groups excluding carboxylic acids is 1. The number of hydrogen-bond acceptors (Lipinski definition) is 4. The van der Waals surface area contributed by atoms with E-state index in [1.54, 1.807) is 12.1 Å². The number of nitrogens with two attached hydrogens (primary N) is 1. The quantitative estimate of drug-likeness (QED) is 0.699. The lowest BCUT2D eigenvalue weighted by Gasteiger charge is -2.28. The van der Waals surface area contributed by atoms with Crippen LogP contribution < -0.4 is 15.8 Å². The molecule has 8 heteroatoms. The lowest BCUT2D eigenvalue weighted by molar-refractivity contribution is -0.122. The predicted octanol–water partition coefficient (Wildman–Crippen LogP) is 1.40. The van der Waals surface area contributed by atoms with E-state index >= 15 is 0 Å². The number of sulfonamides is 1. The lowest BCUT2D eigenvalue weighted by atomic mass is 9.85. The number of benzene rings is 1. The molecule has 6 nitrogen and oxygen atoms in total. The Hall–Kier alpha value is -1.15. The van der Waals surface area contributed by atoms with Gasteiger partial charge in [-0.2, -0.15) is 0 Å². The standard InChI is InChI=1S/C16H25N3O3S.ClH/c1-12(14-3-2-8-18-11-14)9-16(20)19-10-13-4-6-15(7-5-13)23(17,21)22;/h4-7,12,14,18H,2-3,8-11H2,1H3,(H,19,20)(H2,17,21,22);1H. The van der Waals surface area contributed by atoms with Crippen molar-refractivity contribution in [2.75, 3.05) is 13.1 Å². The van der Waals surface area contributed by atoms with E-state index < -0.39 is 10.0 Å². The molecule has 2 unspecified atom stereocenters. The number of primary sulfonamides is 1. The number of piperidine rings is 1. The largest absolute Gasteiger partial charge is 0.352 e. The van der Waals surface area contributed by atoms with E-state index in [2.05, 4.69) is 17.6 Å². The summed E-state index contributed by atoms with van der Waals surface area (Å²) in [6.45, 7) is 4.57. The van der Waals surface area contributed by atoms with Crippen molar-refractivity contribution in [2.45, 2.75) is 37.6 Å². The highest BCUT2D eigenvalue weighted by molar-refractivity contribution is 7.89. The van der Waals surface area contributed by atoms with Crippen LogP contribution in [-0.2, 0) is 21.4 Å². The van der Waals surface area contributed by atoms with Crippen molar-refractivity contribution in [1.29, 1.82) is 0 Å². The molecular weight excluding hydrogens is 350 g/mol. The summed E-state index contributed by atoms with van der Waals surface area (Å²) >= 11 is 0. The highest BCUT2D eigenvalue weighted by Gasteiger charge is 2.21. The van der Waals surface area contributed by atoms with E-state index in [0.29, 0.717) is 24.8 Å². The molecule has 1 amide bonds. The molecule has 0 aliphatic carbocycles. The number of hydrogen-bond donors (Lipinski definition) is 3. The molecule has 1 aromatic carbocycles. The van der Waals surface area contributed by atoms with Crippen molar-refractivity contribution in [3.63, 3.8) is 0 Å². The Bertz CT molecular complexity index is 628. The molecule has 1 aliphatic rings. The van der Waals surface area contributed by atoms with Crippen LogP contribution in [0.3, 0.4) is 0 Å². The Balaban J connectivity index is 0.00000288. The van der Waals surface area contributed by atoms with Crippen LogP contribution in [0.5, 0.6) is 0 Å². The first-order chi connectivity index (χ1) is 10.9. The first-order valence-corrected chi connectivity index (χ1v) is 9.50. The molecule has 0 spiro atoms. The number of halogens is 1. The second-order valence-corrected chi connectivity index (χ2v) is 7.81. The number of amides is 1. The van der Waals surface area contributed by atoms with Gasteiger partial charge in [0.1, 0.15) is 0 Å². The van der Waals surface area contributed by atoms with Crippen molar-refractivity contribution >= 4 is 28.3 Å². The maximum atomic E-state index is 12.0. The smallest absolute Gasteiger partial charge is 0.238 e. The van der Waals surface area contributed by atoms with Crippen molar-refractivity contribution in [3.8, 4) is 0 Å². The maximum absolute atomic E-state index is 12.0. The third-order valence-corrected chi connectivity index (χ3v) is 5.32. The van der Waals surface area contributed by atoms with Crippen molar-refractivity contribution in [2.24, 2.45) is 17.0 Å². The Morgan fingerprint density at radius 3 is 2.58 bits per heavy atom. The molecular formula is C16H26ClN3O3S. The van der Waals surface area contributed by atoms with E-state index in [-0.39, 0.29) is 23.2 Å². The molecule has 1 fully saturated rings. The van der Waals surface area contributed by atoms with Gasteiger partial charge in [0, 0.05) is 13.0 Å². The first kappa shape index (κ1) is 20.9. The Morgan fingerprint density at radius 1 is 1.38 bits per heavy atom. The van der Waals surface area contributed by atoms with Gasteiger partial charge in [-0.25, -0.2) is 13.6 Å². The molecule has 0 saturated carbocycles. The van der Waals surface area contributed by atoms with Crippen LogP contribution >= 0.6 is 12.4 Å². The normalized spacial score (nSPS) is 19.2. The summed E-state index contributed by atoms with van der Waals surface area (Å²) in [5.74, 6) is 0.940. The third kappa shape index (κ3) is 6.39. The fourth-order valence-electron chi connectivity index (χ4n) is 2.89. The van der Waals surface area contributed by atoms with Crippen LogP contribution in [0.25, 0.3) is 0 Å². The lowest BCUT2D eigenvalue weighted by Crippen LogP contribution is -2.35. The van der Waals surface area contributed by atoms with Gasteiger partial charge in [-0.3, -0.25) is 4.79 Å². The summed E-state index contributed by atoms with van der Waals surface area (Å²) in [6.07, 6.45) is 2.87. The van der Waals surface area contributed by atoms with Gasteiger partial charge >= 0.3 is 0 Å². The van der Waals surface area contributed by atoms with E-state index in [0.717, 1.165) is 18.7 Å². The summed E-state index contributed by atoms with van der Waals surface area (Å²) in [7, 11) is -3.67. The SMILES string of the molecule is CC(CC(=O)NCc1ccc(S(N)(=O)=O)cc1)C1CCCNC1.Cl. The molecule has 0 aromatic heterocycles. The summed E-state index contributed by atoms with van der Waals surface area (Å²) in [4.78, 5) is 12.1. The maximum Gasteiger partial charge on any atom is 0.238 e. The van der Waals surface area contributed by atoms with E-state index in [9.17, 15) is 13.2 Å². The minimum Gasteiger partial charge on any atom is -0.352 e. The van der Waals surface area contributed by atoms with Gasteiger partial charge in [0.05, 0.1) is 4.90 Å². The molecule has 1 aliphatic heterocycles. The number of nitrogens with one attached hydrogen (secondary N) is 2. The van der Waals surface area contributed by atoms with Gasteiger partial charge in [0.25, 0.3) is 0 Å². The topological polar surface area (TPSA) is 101 Å². The van der Waals surface area contributed by atoms with Crippen LogP contribution in [0.4, 0.5) is 0 Å². The van der Waals surface area contributed by atoms with Crippen LogP contribution in [-0.4, -0.2) is 27.4 Å². The average molecular weight is 376 g/mol. The van der Waals surface area contributed by atoms with Crippen LogP contribution in [0.2, 0.25) is 0 Å². The monoisotopic (exact) mass is 375 g/mol. The van der Waals surface area contributed by atoms with Crippen molar-refractivity contribution in [3.05, 3.63) is 29.8 Å². The van der Waals surface area contributed by atoms with E-state index in [4.69, 9.17) is 5.14 Å². The van der Waals surface area contributed by atoms with Gasteiger partial charge in [0.15, 0.2) is 0 Å².